The maximum Gasteiger partial charge on any atom is 0.305 e. The van der Waals surface area contributed by atoms with Crippen LogP contribution < -0.4 is 5.32 Å². The van der Waals surface area contributed by atoms with Gasteiger partial charge in [-0.05, 0) is 24.5 Å². The molecule has 1 atom stereocenters. The van der Waals surface area contributed by atoms with E-state index in [9.17, 15) is 14.5 Å². The molecule has 0 aliphatic carbocycles. The molecule has 0 bridgehead atoms. The Labute approximate surface area is 147 Å². The Morgan fingerprint density at radius 2 is 2.04 bits per heavy atom. The van der Waals surface area contributed by atoms with Crippen molar-refractivity contribution in [3.05, 3.63) is 52.3 Å². The largest absolute Gasteiger partial charge is 0.314 e. The van der Waals surface area contributed by atoms with Gasteiger partial charge in [-0.2, -0.15) is 4.39 Å². The van der Waals surface area contributed by atoms with Crippen molar-refractivity contribution in [2.45, 2.75) is 18.9 Å². The minimum atomic E-state index is -0.786. The Morgan fingerprint density at radius 3 is 2.61 bits per heavy atom. The maximum atomic E-state index is 13.5. The molecule has 1 aromatic rings. The summed E-state index contributed by atoms with van der Waals surface area (Å²) in [7, 11) is 0. The third-order valence-electron chi connectivity index (χ3n) is 3.79. The number of halogens is 3. The molecule has 1 aliphatic rings. The number of rotatable bonds is 6. The van der Waals surface area contributed by atoms with Crippen LogP contribution in [0.4, 0.5) is 10.1 Å². The molecule has 0 aromatic heterocycles. The van der Waals surface area contributed by atoms with Crippen molar-refractivity contribution in [1.82, 2.24) is 10.2 Å². The van der Waals surface area contributed by atoms with Crippen LogP contribution in [0.15, 0.2) is 30.9 Å². The zero-order valence-corrected chi connectivity index (χ0v) is 14.4. The van der Waals surface area contributed by atoms with Gasteiger partial charge >= 0.3 is 5.69 Å². The summed E-state index contributed by atoms with van der Waals surface area (Å²) in [5.74, 6) is -0.786. The van der Waals surface area contributed by atoms with Crippen molar-refractivity contribution in [2.24, 2.45) is 0 Å². The Kier molecular flexibility index (Phi) is 9.99. The highest BCUT2D eigenvalue weighted by Gasteiger charge is 2.24. The van der Waals surface area contributed by atoms with Crippen LogP contribution in [0.1, 0.15) is 24.4 Å². The average molecular weight is 366 g/mol. The molecular weight excluding hydrogens is 344 g/mol. The SMILES string of the molecule is C=CCC[C@@H](c1ccc(F)c([N+](=O)[O-])c1)N1CCNCC1.Cl.Cl. The fourth-order valence-electron chi connectivity index (χ4n) is 2.71. The van der Waals surface area contributed by atoms with Gasteiger partial charge in [0.1, 0.15) is 0 Å². The van der Waals surface area contributed by atoms with Gasteiger partial charge in [-0.15, -0.1) is 31.4 Å². The molecule has 23 heavy (non-hydrogen) atoms. The number of nitro groups is 1. The van der Waals surface area contributed by atoms with Crippen LogP contribution in [0.5, 0.6) is 0 Å². The van der Waals surface area contributed by atoms with Gasteiger partial charge in [0.2, 0.25) is 5.82 Å². The molecule has 0 amide bonds. The summed E-state index contributed by atoms with van der Waals surface area (Å²) in [6, 6.07) is 4.27. The molecule has 8 heteroatoms. The first-order valence-corrected chi connectivity index (χ1v) is 7.13. The van der Waals surface area contributed by atoms with Crippen molar-refractivity contribution in [1.29, 1.82) is 0 Å². The molecule has 130 valence electrons. The summed E-state index contributed by atoms with van der Waals surface area (Å²) in [4.78, 5) is 12.5. The molecule has 1 heterocycles. The van der Waals surface area contributed by atoms with Crippen LogP contribution in [-0.4, -0.2) is 36.0 Å². The molecule has 0 radical (unpaired) electrons. The molecule has 0 unspecified atom stereocenters. The first-order chi connectivity index (χ1) is 10.1. The summed E-state index contributed by atoms with van der Waals surface area (Å²) in [5.41, 5.74) is 0.345. The minimum Gasteiger partial charge on any atom is -0.314 e. The van der Waals surface area contributed by atoms with E-state index in [0.29, 0.717) is 0 Å². The number of allylic oxidation sites excluding steroid dienone is 1. The summed E-state index contributed by atoms with van der Waals surface area (Å²) >= 11 is 0. The number of benzene rings is 1. The first-order valence-electron chi connectivity index (χ1n) is 7.13. The van der Waals surface area contributed by atoms with Crippen LogP contribution >= 0.6 is 24.8 Å². The predicted octanol–water partition coefficient (Wildman–Crippen LogP) is 3.49. The summed E-state index contributed by atoms with van der Waals surface area (Å²) < 4.78 is 13.5. The van der Waals surface area contributed by atoms with Gasteiger partial charge < -0.3 is 5.32 Å². The summed E-state index contributed by atoms with van der Waals surface area (Å²) in [6.07, 6.45) is 3.49. The zero-order valence-electron chi connectivity index (χ0n) is 12.7. The van der Waals surface area contributed by atoms with Crippen LogP contribution in [0, 0.1) is 15.9 Å². The maximum absolute atomic E-state index is 13.5. The quantitative estimate of drug-likeness (QED) is 0.476. The second-order valence-electron chi connectivity index (χ2n) is 5.14. The number of piperazine rings is 1. The van der Waals surface area contributed by atoms with E-state index in [-0.39, 0.29) is 30.9 Å². The van der Waals surface area contributed by atoms with Crippen molar-refractivity contribution < 1.29 is 9.31 Å². The molecule has 1 fully saturated rings. The highest BCUT2D eigenvalue weighted by atomic mass is 35.5. The van der Waals surface area contributed by atoms with E-state index in [4.69, 9.17) is 0 Å². The smallest absolute Gasteiger partial charge is 0.305 e. The summed E-state index contributed by atoms with van der Waals surface area (Å²) in [6.45, 7) is 7.29. The molecule has 5 nitrogen and oxygen atoms in total. The van der Waals surface area contributed by atoms with Crippen molar-refractivity contribution in [2.75, 3.05) is 26.2 Å². The topological polar surface area (TPSA) is 58.4 Å². The van der Waals surface area contributed by atoms with E-state index in [1.165, 1.54) is 12.1 Å². The van der Waals surface area contributed by atoms with Gasteiger partial charge in [0.05, 0.1) is 4.92 Å². The number of nitro benzene ring substituents is 1. The van der Waals surface area contributed by atoms with E-state index >= 15 is 0 Å². The Hall–Kier alpha value is -1.21. The fourth-order valence-corrected chi connectivity index (χ4v) is 2.71. The average Bonchev–Trinajstić information content (AvgIpc) is 2.50. The van der Waals surface area contributed by atoms with Gasteiger partial charge in [-0.1, -0.05) is 12.1 Å². The summed E-state index contributed by atoms with van der Waals surface area (Å²) in [5, 5.41) is 14.2. The third-order valence-corrected chi connectivity index (χ3v) is 3.79. The Bertz CT molecular complexity index is 525. The van der Waals surface area contributed by atoms with E-state index in [1.807, 2.05) is 6.08 Å². The van der Waals surface area contributed by atoms with Crippen LogP contribution in [0.2, 0.25) is 0 Å². The van der Waals surface area contributed by atoms with Gasteiger partial charge in [-0.25, -0.2) is 0 Å². The van der Waals surface area contributed by atoms with Crippen LogP contribution in [-0.2, 0) is 0 Å². The predicted molar refractivity (Wildman–Crippen MR) is 94.2 cm³/mol. The molecule has 1 aromatic carbocycles. The number of nitrogens with one attached hydrogen (secondary N) is 1. The van der Waals surface area contributed by atoms with Gasteiger partial charge in [0.25, 0.3) is 0 Å². The lowest BCUT2D eigenvalue weighted by Gasteiger charge is -2.35. The van der Waals surface area contributed by atoms with Crippen LogP contribution in [0.25, 0.3) is 0 Å². The Morgan fingerprint density at radius 1 is 1.39 bits per heavy atom. The lowest BCUT2D eigenvalue weighted by atomic mass is 9.98. The van der Waals surface area contributed by atoms with E-state index < -0.39 is 16.4 Å². The van der Waals surface area contributed by atoms with E-state index in [2.05, 4.69) is 16.8 Å². The van der Waals surface area contributed by atoms with Crippen molar-refractivity contribution >= 4 is 30.5 Å². The monoisotopic (exact) mass is 365 g/mol. The molecule has 1 aliphatic heterocycles. The van der Waals surface area contributed by atoms with E-state index in [1.54, 1.807) is 6.07 Å². The number of hydrogen-bond acceptors (Lipinski definition) is 4. The van der Waals surface area contributed by atoms with Crippen molar-refractivity contribution in [3.8, 4) is 0 Å². The highest BCUT2D eigenvalue weighted by Crippen LogP contribution is 2.30. The lowest BCUT2D eigenvalue weighted by molar-refractivity contribution is -0.387. The second kappa shape index (κ2) is 10.5. The molecule has 1 N–H and O–H groups in total. The van der Waals surface area contributed by atoms with E-state index in [0.717, 1.165) is 44.6 Å². The fraction of sp³-hybridized carbons (Fsp3) is 0.467. The lowest BCUT2D eigenvalue weighted by Crippen LogP contribution is -2.45. The van der Waals surface area contributed by atoms with Gasteiger partial charge in [-0.3, -0.25) is 15.0 Å². The molecule has 0 spiro atoms. The van der Waals surface area contributed by atoms with Crippen LogP contribution in [0.3, 0.4) is 0 Å². The Balaban J connectivity index is 0.00000242. The highest BCUT2D eigenvalue weighted by molar-refractivity contribution is 5.85. The van der Waals surface area contributed by atoms with Gasteiger partial charge in [0, 0.05) is 38.3 Å². The number of hydrogen-bond donors (Lipinski definition) is 1. The minimum absolute atomic E-state index is 0. The third kappa shape index (κ3) is 5.73. The normalized spacial score (nSPS) is 15.9. The molecule has 1 saturated heterocycles. The molecule has 2 rings (SSSR count). The van der Waals surface area contributed by atoms with Crippen molar-refractivity contribution in [3.63, 3.8) is 0 Å². The molecule has 0 saturated carbocycles. The standard InChI is InChI=1S/C15H20FN3O2.2ClH/c1-2-3-4-14(18-9-7-17-8-10-18)12-5-6-13(16)15(11-12)19(20)21;;/h2,5-6,11,14,17H,1,3-4,7-10H2;2*1H/t14-;;/m0../s1. The second-order valence-corrected chi connectivity index (χ2v) is 5.14. The number of nitrogens with zero attached hydrogens (tertiary/aromatic N) is 2. The molecular formula is C15H22Cl2FN3O2. The zero-order chi connectivity index (χ0) is 15.2. The van der Waals surface area contributed by atoms with Gasteiger partial charge in [0.15, 0.2) is 0 Å². The first kappa shape index (κ1) is 21.8.